The topological polar surface area (TPSA) is 135 Å². The second-order valence-corrected chi connectivity index (χ2v) is 8.63. The van der Waals surface area contributed by atoms with Gasteiger partial charge in [0.15, 0.2) is 17.3 Å². The molecule has 18 heteroatoms. The molecular weight excluding hydrogens is 581 g/mol. The third kappa shape index (κ3) is 8.45. The largest absolute Gasteiger partial charge is 0.490 e. The number of pyridine rings is 1. The smallest absolute Gasteiger partial charge is 0.475 e. The number of carboxylic acids is 2. The average molecular weight is 603 g/mol. The predicted octanol–water partition coefficient (Wildman–Crippen LogP) is 4.28. The van der Waals surface area contributed by atoms with E-state index in [4.69, 9.17) is 25.5 Å². The van der Waals surface area contributed by atoms with Crippen molar-refractivity contribution >= 4 is 28.9 Å². The maximum absolute atomic E-state index is 14.1. The summed E-state index contributed by atoms with van der Waals surface area (Å²) in [4.78, 5) is 28.9. The van der Waals surface area contributed by atoms with Crippen LogP contribution in [0.2, 0.25) is 0 Å². The Hall–Kier alpha value is -4.09. The van der Waals surface area contributed by atoms with E-state index in [1.807, 2.05) is 35.6 Å². The third-order valence-electron chi connectivity index (χ3n) is 5.83. The first-order valence-corrected chi connectivity index (χ1v) is 11.3. The van der Waals surface area contributed by atoms with E-state index in [-0.39, 0.29) is 11.5 Å². The first-order chi connectivity index (χ1) is 18.7. The fourth-order valence-corrected chi connectivity index (χ4v) is 3.74. The minimum Gasteiger partial charge on any atom is -0.475 e. The van der Waals surface area contributed by atoms with E-state index in [9.17, 15) is 39.5 Å². The molecule has 1 fully saturated rings. The number of nitrogens with zero attached hydrogens (tertiary/aromatic N) is 4. The van der Waals surface area contributed by atoms with Crippen LogP contribution in [-0.4, -0.2) is 68.2 Å². The molecule has 41 heavy (non-hydrogen) atoms. The van der Waals surface area contributed by atoms with Crippen LogP contribution in [0, 0.1) is 24.4 Å². The molecule has 0 spiro atoms. The maximum Gasteiger partial charge on any atom is 0.490 e. The Bertz CT molecular complexity index is 1380. The van der Waals surface area contributed by atoms with E-state index in [1.54, 1.807) is 0 Å². The molecule has 0 bridgehead atoms. The summed E-state index contributed by atoms with van der Waals surface area (Å²) in [5.41, 5.74) is 8.01. The molecule has 0 unspecified atom stereocenters. The summed E-state index contributed by atoms with van der Waals surface area (Å²) < 4.78 is 106. The van der Waals surface area contributed by atoms with Crippen LogP contribution in [-0.2, 0) is 16.6 Å². The van der Waals surface area contributed by atoms with Gasteiger partial charge < -0.3 is 25.4 Å². The van der Waals surface area contributed by atoms with Crippen LogP contribution in [0.4, 0.5) is 45.3 Å². The molecule has 9 nitrogen and oxygen atoms in total. The quantitative estimate of drug-likeness (QED) is 0.292. The van der Waals surface area contributed by atoms with Crippen LogP contribution < -0.4 is 10.6 Å². The number of aryl methyl sites for hydroxylation is 2. The monoisotopic (exact) mass is 603 g/mol. The highest BCUT2D eigenvalue weighted by atomic mass is 19.4. The number of piperidine rings is 1. The van der Waals surface area contributed by atoms with Crippen molar-refractivity contribution in [3.63, 3.8) is 0 Å². The molecule has 2 aromatic heterocycles. The maximum atomic E-state index is 14.1. The number of nitrogens with two attached hydrogens (primary N) is 1. The SMILES string of the molecule is Cc1nc2ccc(N3CC[C@H](c4cc(F)c(F)cc4F)[C@@H](N)C3)nc2n1C.O=C(O)C(F)(F)F.O=C(O)C(F)(F)F. The van der Waals surface area contributed by atoms with Crippen molar-refractivity contribution in [2.45, 2.75) is 37.7 Å². The third-order valence-corrected chi connectivity index (χ3v) is 5.83. The summed E-state index contributed by atoms with van der Waals surface area (Å²) in [6, 6.07) is 4.89. The number of alkyl halides is 6. The van der Waals surface area contributed by atoms with Gasteiger partial charge in [-0.1, -0.05) is 0 Å². The molecule has 2 atom stereocenters. The number of benzene rings is 1. The zero-order valence-corrected chi connectivity index (χ0v) is 21.1. The van der Waals surface area contributed by atoms with Crippen LogP contribution >= 0.6 is 0 Å². The highest BCUT2D eigenvalue weighted by Crippen LogP contribution is 2.32. The summed E-state index contributed by atoms with van der Waals surface area (Å²) in [7, 11) is 1.91. The molecule has 1 aliphatic heterocycles. The van der Waals surface area contributed by atoms with Crippen LogP contribution in [0.25, 0.3) is 11.2 Å². The first-order valence-electron chi connectivity index (χ1n) is 11.3. The Balaban J connectivity index is 0.000000349. The fraction of sp³-hybridized carbons (Fsp3) is 0.391. The van der Waals surface area contributed by atoms with Crippen molar-refractivity contribution < 1.29 is 59.3 Å². The summed E-state index contributed by atoms with van der Waals surface area (Å²) in [5, 5.41) is 14.2. The highest BCUT2D eigenvalue weighted by Gasteiger charge is 2.39. The normalized spacial score (nSPS) is 17.3. The van der Waals surface area contributed by atoms with E-state index in [1.165, 1.54) is 0 Å². The lowest BCUT2D eigenvalue weighted by atomic mass is 9.85. The summed E-state index contributed by atoms with van der Waals surface area (Å²) in [6.07, 6.45) is -9.65. The first kappa shape index (κ1) is 33.1. The summed E-state index contributed by atoms with van der Waals surface area (Å²) in [6.45, 7) is 2.95. The zero-order chi connectivity index (χ0) is 31.4. The van der Waals surface area contributed by atoms with Gasteiger partial charge in [0, 0.05) is 38.2 Å². The van der Waals surface area contributed by atoms with Crippen LogP contribution in [0.15, 0.2) is 24.3 Å². The van der Waals surface area contributed by atoms with Crippen molar-refractivity contribution in [1.29, 1.82) is 0 Å². The van der Waals surface area contributed by atoms with Crippen molar-refractivity contribution in [3.05, 3.63) is 53.1 Å². The molecule has 4 rings (SSSR count). The number of halogens is 9. The molecule has 0 saturated carbocycles. The van der Waals surface area contributed by atoms with Gasteiger partial charge in [-0.3, -0.25) is 0 Å². The van der Waals surface area contributed by atoms with Crippen molar-refractivity contribution in [2.75, 3.05) is 18.0 Å². The van der Waals surface area contributed by atoms with E-state index in [0.29, 0.717) is 25.6 Å². The lowest BCUT2D eigenvalue weighted by Gasteiger charge is -2.37. The van der Waals surface area contributed by atoms with E-state index in [2.05, 4.69) is 9.97 Å². The Kier molecular flexibility index (Phi) is 10.2. The number of hydrogen-bond acceptors (Lipinski definition) is 6. The highest BCUT2D eigenvalue weighted by molar-refractivity contribution is 5.74. The van der Waals surface area contributed by atoms with Gasteiger partial charge >= 0.3 is 24.3 Å². The molecule has 0 aliphatic carbocycles. The number of imidazole rings is 1. The van der Waals surface area contributed by atoms with Gasteiger partial charge in [-0.15, -0.1) is 0 Å². The van der Waals surface area contributed by atoms with Gasteiger partial charge in [0.25, 0.3) is 0 Å². The van der Waals surface area contributed by atoms with E-state index < -0.39 is 47.8 Å². The zero-order valence-electron chi connectivity index (χ0n) is 21.1. The summed E-state index contributed by atoms with van der Waals surface area (Å²) >= 11 is 0. The number of carboxylic acid groups (broad SMARTS) is 2. The number of aromatic nitrogens is 3. The van der Waals surface area contributed by atoms with Crippen LogP contribution in [0.5, 0.6) is 0 Å². The van der Waals surface area contributed by atoms with Crippen molar-refractivity contribution in [3.8, 4) is 0 Å². The minimum absolute atomic E-state index is 0.131. The Morgan fingerprint density at radius 3 is 1.93 bits per heavy atom. The van der Waals surface area contributed by atoms with Gasteiger partial charge in [0.2, 0.25) is 0 Å². The Labute approximate surface area is 225 Å². The summed E-state index contributed by atoms with van der Waals surface area (Å²) in [5.74, 6) is -7.25. The fourth-order valence-electron chi connectivity index (χ4n) is 3.74. The number of hydrogen-bond donors (Lipinski definition) is 3. The van der Waals surface area contributed by atoms with Gasteiger partial charge in [-0.05, 0) is 37.1 Å². The minimum atomic E-state index is -5.08. The molecule has 4 N–H and O–H groups in total. The molecule has 226 valence electrons. The van der Waals surface area contributed by atoms with Gasteiger partial charge in [0.1, 0.15) is 23.0 Å². The molecule has 1 aliphatic rings. The number of aliphatic carboxylic acids is 2. The number of carbonyl (C=O) groups is 2. The molecule has 1 saturated heterocycles. The van der Waals surface area contributed by atoms with Gasteiger partial charge in [-0.25, -0.2) is 32.7 Å². The average Bonchev–Trinajstić information content (AvgIpc) is 3.14. The lowest BCUT2D eigenvalue weighted by Crippen LogP contribution is -2.48. The Morgan fingerprint density at radius 2 is 1.44 bits per heavy atom. The van der Waals surface area contributed by atoms with Crippen LogP contribution in [0.3, 0.4) is 0 Å². The second kappa shape index (κ2) is 12.6. The van der Waals surface area contributed by atoms with Crippen molar-refractivity contribution in [1.82, 2.24) is 14.5 Å². The predicted molar refractivity (Wildman–Crippen MR) is 124 cm³/mol. The number of rotatable bonds is 2. The second-order valence-electron chi connectivity index (χ2n) is 8.63. The Morgan fingerprint density at radius 1 is 0.927 bits per heavy atom. The molecule has 3 aromatic rings. The van der Waals surface area contributed by atoms with Crippen molar-refractivity contribution in [2.24, 2.45) is 12.8 Å². The number of anilines is 1. The standard InChI is InChI=1S/C19H20F3N5.2C2HF3O2/c1-10-24-17-3-4-18(25-19(17)26(10)2)27-6-5-11(16(23)9-27)12-7-14(21)15(22)8-13(12)20;2*3-2(4,5)1(6)7/h3-4,7-8,11,16H,5-6,9,23H2,1-2H3;2*(H,6,7)/t11-,16+;;/m1../s1. The van der Waals surface area contributed by atoms with Gasteiger partial charge in [-0.2, -0.15) is 26.3 Å². The molecule has 0 amide bonds. The van der Waals surface area contributed by atoms with E-state index >= 15 is 0 Å². The van der Waals surface area contributed by atoms with E-state index in [0.717, 1.165) is 28.9 Å². The van der Waals surface area contributed by atoms with Gasteiger partial charge in [0.05, 0.1) is 0 Å². The lowest BCUT2D eigenvalue weighted by molar-refractivity contribution is -0.193. The molecular formula is C23H22F9N5O4. The molecule has 3 heterocycles. The molecule has 0 radical (unpaired) electrons. The number of fused-ring (bicyclic) bond motifs is 1. The van der Waals surface area contributed by atoms with Crippen LogP contribution in [0.1, 0.15) is 23.7 Å². The molecule has 1 aromatic carbocycles.